The Hall–Kier alpha value is -7.18. The van der Waals surface area contributed by atoms with E-state index in [0.717, 1.165) is 89.8 Å². The van der Waals surface area contributed by atoms with Crippen molar-refractivity contribution in [3.05, 3.63) is 182 Å². The molecule has 0 radical (unpaired) electrons. The summed E-state index contributed by atoms with van der Waals surface area (Å²) >= 11 is 0. The normalized spacial score (nSPS) is 11.1. The summed E-state index contributed by atoms with van der Waals surface area (Å²) in [4.78, 5) is 29.7. The molecule has 0 atom stereocenters. The van der Waals surface area contributed by atoms with Crippen LogP contribution in [-0.4, -0.2) is 29.9 Å². The highest BCUT2D eigenvalue weighted by atomic mass is 14.9. The standard InChI is InChI=1S/C46H30N6/c1-3-13-32(14-4-1)43-44(33-15-5-2-6-16-33)52-46(37-25-28-49-38-18-8-7-17-36(37)38)45(51-43)34-23-21-31(22-24-34)35-29-41(39-19-9-11-26-47-39)50-42(30-35)40-20-10-12-27-48-40/h1-30H. The Morgan fingerprint density at radius 2 is 0.788 bits per heavy atom. The molecule has 9 rings (SSSR count). The average Bonchev–Trinajstić information content (AvgIpc) is 3.24. The van der Waals surface area contributed by atoms with Gasteiger partial charge in [-0.2, -0.15) is 0 Å². The highest BCUT2D eigenvalue weighted by Gasteiger charge is 2.21. The van der Waals surface area contributed by atoms with Crippen molar-refractivity contribution >= 4 is 10.9 Å². The van der Waals surface area contributed by atoms with E-state index in [1.165, 1.54) is 0 Å². The third-order valence-corrected chi connectivity index (χ3v) is 9.07. The Kier molecular flexibility index (Phi) is 8.08. The van der Waals surface area contributed by atoms with Crippen LogP contribution >= 0.6 is 0 Å². The van der Waals surface area contributed by atoms with Gasteiger partial charge in [-0.3, -0.25) is 15.0 Å². The fourth-order valence-corrected chi connectivity index (χ4v) is 6.53. The summed E-state index contributed by atoms with van der Waals surface area (Å²) in [6.07, 6.45) is 5.42. The Labute approximate surface area is 301 Å². The Bertz CT molecular complexity index is 2580. The minimum atomic E-state index is 0.782. The molecule has 0 aliphatic heterocycles. The quantitative estimate of drug-likeness (QED) is 0.168. The third kappa shape index (κ3) is 5.99. The average molecular weight is 667 g/mol. The predicted octanol–water partition coefficient (Wildman–Crippen LogP) is 10.9. The Morgan fingerprint density at radius 1 is 0.288 bits per heavy atom. The number of nitrogens with zero attached hydrogens (tertiary/aromatic N) is 6. The maximum Gasteiger partial charge on any atom is 0.0980 e. The zero-order valence-corrected chi connectivity index (χ0v) is 28.0. The molecule has 0 N–H and O–H groups in total. The number of benzene rings is 4. The third-order valence-electron chi connectivity index (χ3n) is 9.07. The van der Waals surface area contributed by atoms with E-state index in [0.29, 0.717) is 0 Å². The summed E-state index contributed by atoms with van der Waals surface area (Å²) in [5, 5.41) is 1.02. The highest BCUT2D eigenvalue weighted by molar-refractivity contribution is 5.98. The van der Waals surface area contributed by atoms with Gasteiger partial charge in [0, 0.05) is 46.2 Å². The number of aromatic nitrogens is 6. The first kappa shape index (κ1) is 30.8. The van der Waals surface area contributed by atoms with Crippen LogP contribution in [0.3, 0.4) is 0 Å². The summed E-state index contributed by atoms with van der Waals surface area (Å²) in [5.74, 6) is 0. The number of rotatable bonds is 7. The van der Waals surface area contributed by atoms with Crippen LogP contribution in [-0.2, 0) is 0 Å². The first-order chi connectivity index (χ1) is 25.8. The topological polar surface area (TPSA) is 77.3 Å². The molecule has 0 unspecified atom stereocenters. The molecule has 6 heteroatoms. The molecular formula is C46H30N6. The van der Waals surface area contributed by atoms with E-state index in [2.05, 4.69) is 81.7 Å². The van der Waals surface area contributed by atoms with Gasteiger partial charge in [0.05, 0.1) is 51.1 Å². The fourth-order valence-electron chi connectivity index (χ4n) is 6.53. The van der Waals surface area contributed by atoms with Crippen molar-refractivity contribution in [2.24, 2.45) is 0 Å². The lowest BCUT2D eigenvalue weighted by Gasteiger charge is -2.17. The van der Waals surface area contributed by atoms with Crippen molar-refractivity contribution in [2.75, 3.05) is 0 Å². The van der Waals surface area contributed by atoms with Crippen molar-refractivity contribution in [3.8, 4) is 78.9 Å². The summed E-state index contributed by atoms with van der Waals surface area (Å²) in [7, 11) is 0. The number of fused-ring (bicyclic) bond motifs is 1. The van der Waals surface area contributed by atoms with Gasteiger partial charge in [-0.15, -0.1) is 0 Å². The summed E-state index contributed by atoms with van der Waals surface area (Å²) < 4.78 is 0. The highest BCUT2D eigenvalue weighted by Crippen LogP contribution is 2.40. The molecule has 4 aromatic carbocycles. The lowest BCUT2D eigenvalue weighted by Crippen LogP contribution is -2.01. The molecular weight excluding hydrogens is 637 g/mol. The molecule has 0 saturated carbocycles. The summed E-state index contributed by atoms with van der Waals surface area (Å²) in [5.41, 5.74) is 13.3. The van der Waals surface area contributed by atoms with E-state index < -0.39 is 0 Å². The van der Waals surface area contributed by atoms with Gasteiger partial charge in [0.2, 0.25) is 0 Å². The first-order valence-electron chi connectivity index (χ1n) is 17.1. The summed E-state index contributed by atoms with van der Waals surface area (Å²) in [6, 6.07) is 55.2. The van der Waals surface area contributed by atoms with Crippen LogP contribution < -0.4 is 0 Å². The van der Waals surface area contributed by atoms with E-state index in [1.54, 1.807) is 12.4 Å². The second-order valence-electron chi connectivity index (χ2n) is 12.4. The molecule has 244 valence electrons. The van der Waals surface area contributed by atoms with Crippen LogP contribution in [0.2, 0.25) is 0 Å². The van der Waals surface area contributed by atoms with Crippen LogP contribution in [0.5, 0.6) is 0 Å². The van der Waals surface area contributed by atoms with Crippen LogP contribution in [0.4, 0.5) is 0 Å². The first-order valence-corrected chi connectivity index (χ1v) is 17.1. The SMILES string of the molecule is c1ccc(-c2nc(-c3ccc(-c4cc(-c5ccccn5)nc(-c5ccccn5)c4)cc3)c(-c3ccnc4ccccc34)nc2-c2ccccc2)cc1. The Balaban J connectivity index is 1.24. The van der Waals surface area contributed by atoms with E-state index in [9.17, 15) is 0 Å². The molecule has 0 bridgehead atoms. The van der Waals surface area contributed by atoms with Gasteiger partial charge >= 0.3 is 0 Å². The number of para-hydroxylation sites is 1. The molecule has 0 amide bonds. The van der Waals surface area contributed by atoms with Crippen molar-refractivity contribution in [3.63, 3.8) is 0 Å². The zero-order chi connectivity index (χ0) is 34.7. The second kappa shape index (κ2) is 13.6. The molecule has 6 nitrogen and oxygen atoms in total. The van der Waals surface area contributed by atoms with Gasteiger partial charge in [0.15, 0.2) is 0 Å². The van der Waals surface area contributed by atoms with Gasteiger partial charge in [-0.1, -0.05) is 115 Å². The maximum absolute atomic E-state index is 5.47. The van der Waals surface area contributed by atoms with E-state index in [4.69, 9.17) is 15.0 Å². The molecule has 0 saturated heterocycles. The van der Waals surface area contributed by atoms with Crippen LogP contribution in [0.1, 0.15) is 0 Å². The van der Waals surface area contributed by atoms with Gasteiger partial charge in [-0.05, 0) is 59.7 Å². The maximum atomic E-state index is 5.47. The molecule has 0 spiro atoms. The molecule has 0 aliphatic carbocycles. The van der Waals surface area contributed by atoms with Gasteiger partial charge in [-0.25, -0.2) is 15.0 Å². The molecule has 5 aromatic heterocycles. The molecule has 9 aromatic rings. The van der Waals surface area contributed by atoms with E-state index in [-0.39, 0.29) is 0 Å². The van der Waals surface area contributed by atoms with Crippen LogP contribution in [0, 0.1) is 0 Å². The minimum absolute atomic E-state index is 0.782. The molecule has 0 aliphatic rings. The van der Waals surface area contributed by atoms with Crippen molar-refractivity contribution in [1.82, 2.24) is 29.9 Å². The van der Waals surface area contributed by atoms with Crippen molar-refractivity contribution in [1.29, 1.82) is 0 Å². The lowest BCUT2D eigenvalue weighted by atomic mass is 9.96. The van der Waals surface area contributed by atoms with Gasteiger partial charge in [0.25, 0.3) is 0 Å². The molecule has 5 heterocycles. The second-order valence-corrected chi connectivity index (χ2v) is 12.4. The van der Waals surface area contributed by atoms with E-state index >= 15 is 0 Å². The minimum Gasteiger partial charge on any atom is -0.256 e. The van der Waals surface area contributed by atoms with Crippen LogP contribution in [0.15, 0.2) is 182 Å². The summed E-state index contributed by atoms with van der Waals surface area (Å²) in [6.45, 7) is 0. The largest absolute Gasteiger partial charge is 0.256 e. The van der Waals surface area contributed by atoms with Crippen molar-refractivity contribution < 1.29 is 0 Å². The lowest BCUT2D eigenvalue weighted by molar-refractivity contribution is 1.21. The molecule has 0 fully saturated rings. The number of pyridine rings is 4. The van der Waals surface area contributed by atoms with Crippen molar-refractivity contribution in [2.45, 2.75) is 0 Å². The molecule has 52 heavy (non-hydrogen) atoms. The fraction of sp³-hybridized carbons (Fsp3) is 0. The van der Waals surface area contributed by atoms with E-state index in [1.807, 2.05) is 103 Å². The number of hydrogen-bond acceptors (Lipinski definition) is 6. The zero-order valence-electron chi connectivity index (χ0n) is 28.0. The predicted molar refractivity (Wildman–Crippen MR) is 209 cm³/mol. The number of hydrogen-bond donors (Lipinski definition) is 0. The Morgan fingerprint density at radius 3 is 1.38 bits per heavy atom. The smallest absolute Gasteiger partial charge is 0.0980 e. The monoisotopic (exact) mass is 666 g/mol. The van der Waals surface area contributed by atoms with Gasteiger partial charge < -0.3 is 0 Å². The van der Waals surface area contributed by atoms with Crippen LogP contribution in [0.25, 0.3) is 89.8 Å². The van der Waals surface area contributed by atoms with Gasteiger partial charge in [0.1, 0.15) is 0 Å².